The van der Waals surface area contributed by atoms with Crippen LogP contribution in [0.15, 0.2) is 39.5 Å². The molecule has 0 atom stereocenters. The summed E-state index contributed by atoms with van der Waals surface area (Å²) in [6.45, 7) is 1.76. The Kier molecular flexibility index (Phi) is 4.29. The molecule has 28 heavy (non-hydrogen) atoms. The third kappa shape index (κ3) is 2.86. The molecular weight excluding hydrogens is 378 g/mol. The van der Waals surface area contributed by atoms with Gasteiger partial charge in [0, 0.05) is 24.0 Å². The molecule has 5 rings (SSSR count). The predicted octanol–water partition coefficient (Wildman–Crippen LogP) is 4.30. The quantitative estimate of drug-likeness (QED) is 0.617. The summed E-state index contributed by atoms with van der Waals surface area (Å²) in [5.74, 6) is 1.46. The highest BCUT2D eigenvalue weighted by atomic mass is 35.5. The van der Waals surface area contributed by atoms with E-state index >= 15 is 0 Å². The van der Waals surface area contributed by atoms with Crippen LogP contribution in [0.2, 0.25) is 5.02 Å². The number of halogens is 1. The number of aryl methyl sites for hydroxylation is 1. The number of ether oxygens (including phenoxy) is 2. The van der Waals surface area contributed by atoms with Gasteiger partial charge in [0.2, 0.25) is 0 Å². The molecule has 1 aromatic heterocycles. The van der Waals surface area contributed by atoms with Gasteiger partial charge in [-0.05, 0) is 48.6 Å². The Balaban J connectivity index is 1.53. The van der Waals surface area contributed by atoms with Gasteiger partial charge in [0.05, 0.1) is 17.7 Å². The van der Waals surface area contributed by atoms with Crippen molar-refractivity contribution >= 4 is 22.6 Å². The summed E-state index contributed by atoms with van der Waals surface area (Å²) in [4.78, 5) is 14.6. The maximum absolute atomic E-state index is 12.5. The summed E-state index contributed by atoms with van der Waals surface area (Å²) in [6.07, 6.45) is 2.65. The Bertz CT molecular complexity index is 1120. The van der Waals surface area contributed by atoms with Gasteiger partial charge >= 0.3 is 5.63 Å². The van der Waals surface area contributed by atoms with Gasteiger partial charge in [-0.2, -0.15) is 0 Å². The summed E-state index contributed by atoms with van der Waals surface area (Å²) in [5, 5.41) is 1.53. The molecule has 1 aliphatic carbocycles. The van der Waals surface area contributed by atoms with Gasteiger partial charge in [0.25, 0.3) is 0 Å². The van der Waals surface area contributed by atoms with Crippen LogP contribution in [0.1, 0.15) is 28.7 Å². The van der Waals surface area contributed by atoms with Crippen LogP contribution in [0.5, 0.6) is 11.5 Å². The largest absolute Gasteiger partial charge is 0.497 e. The smallest absolute Gasteiger partial charge is 0.339 e. The molecule has 0 saturated heterocycles. The zero-order chi connectivity index (χ0) is 19.3. The highest BCUT2D eigenvalue weighted by Crippen LogP contribution is 2.41. The minimum absolute atomic E-state index is 0.225. The zero-order valence-corrected chi connectivity index (χ0v) is 16.3. The van der Waals surface area contributed by atoms with Crippen molar-refractivity contribution in [1.29, 1.82) is 0 Å². The maximum atomic E-state index is 12.5. The molecule has 2 aliphatic rings. The molecule has 0 fully saturated rings. The van der Waals surface area contributed by atoms with E-state index in [9.17, 15) is 4.79 Å². The topological polar surface area (TPSA) is 51.9 Å². The molecular formula is C22H20ClNO4. The zero-order valence-electron chi connectivity index (χ0n) is 15.6. The van der Waals surface area contributed by atoms with Crippen LogP contribution in [0.3, 0.4) is 0 Å². The van der Waals surface area contributed by atoms with E-state index in [1.54, 1.807) is 7.11 Å². The van der Waals surface area contributed by atoms with Crippen molar-refractivity contribution in [3.8, 4) is 11.5 Å². The molecule has 1 aliphatic heterocycles. The van der Waals surface area contributed by atoms with E-state index in [0.29, 0.717) is 36.2 Å². The van der Waals surface area contributed by atoms with Crippen LogP contribution in [0, 0.1) is 0 Å². The lowest BCUT2D eigenvalue weighted by Crippen LogP contribution is -2.32. The van der Waals surface area contributed by atoms with Crippen LogP contribution < -0.4 is 15.1 Å². The molecule has 0 saturated carbocycles. The monoisotopic (exact) mass is 397 g/mol. The second-order valence-corrected chi connectivity index (χ2v) is 7.76. The lowest BCUT2D eigenvalue weighted by atomic mass is 10.0. The Morgan fingerprint density at radius 2 is 1.93 bits per heavy atom. The first-order valence-electron chi connectivity index (χ1n) is 9.42. The first-order chi connectivity index (χ1) is 13.6. The van der Waals surface area contributed by atoms with Crippen molar-refractivity contribution < 1.29 is 13.9 Å². The van der Waals surface area contributed by atoms with Crippen molar-refractivity contribution in [3.05, 3.63) is 68.0 Å². The van der Waals surface area contributed by atoms with E-state index in [1.807, 2.05) is 30.3 Å². The molecule has 0 unspecified atom stereocenters. The second-order valence-electron chi connectivity index (χ2n) is 7.35. The van der Waals surface area contributed by atoms with Gasteiger partial charge in [-0.3, -0.25) is 4.90 Å². The average Bonchev–Trinajstić information content (AvgIpc) is 3.21. The molecule has 0 spiro atoms. The number of hydrogen-bond acceptors (Lipinski definition) is 5. The predicted molar refractivity (Wildman–Crippen MR) is 107 cm³/mol. The Morgan fingerprint density at radius 1 is 1.14 bits per heavy atom. The first kappa shape index (κ1) is 17.6. The van der Waals surface area contributed by atoms with E-state index in [-0.39, 0.29) is 5.63 Å². The van der Waals surface area contributed by atoms with Crippen LogP contribution in [0.25, 0.3) is 11.0 Å². The fraction of sp³-hybridized carbons (Fsp3) is 0.318. The molecule has 0 amide bonds. The number of benzene rings is 2. The molecule has 144 valence electrons. The molecule has 0 bridgehead atoms. The van der Waals surface area contributed by atoms with Gasteiger partial charge < -0.3 is 13.9 Å². The minimum atomic E-state index is -0.225. The molecule has 5 nitrogen and oxygen atoms in total. The van der Waals surface area contributed by atoms with Gasteiger partial charge in [-0.15, -0.1) is 0 Å². The fourth-order valence-corrected chi connectivity index (χ4v) is 4.52. The van der Waals surface area contributed by atoms with Gasteiger partial charge in [0.1, 0.15) is 23.8 Å². The van der Waals surface area contributed by atoms with Crippen LogP contribution in [0.4, 0.5) is 0 Å². The van der Waals surface area contributed by atoms with Crippen molar-refractivity contribution in [1.82, 2.24) is 4.90 Å². The number of fused-ring (bicyclic) bond motifs is 5. The molecule has 2 heterocycles. The highest BCUT2D eigenvalue weighted by Gasteiger charge is 2.28. The van der Waals surface area contributed by atoms with E-state index in [0.717, 1.165) is 52.7 Å². The van der Waals surface area contributed by atoms with E-state index in [1.165, 1.54) is 0 Å². The lowest BCUT2D eigenvalue weighted by molar-refractivity contribution is 0.0890. The highest BCUT2D eigenvalue weighted by molar-refractivity contribution is 6.33. The standard InChI is InChI=1S/C22H20ClNO4/c1-26-14-7-5-13(6-8-14)10-24-11-18-20-17(9-19(23)21(18)27-12-24)15-3-2-4-16(15)22(25)28-20/h5-9H,2-4,10-12H2,1H3. The molecule has 0 radical (unpaired) electrons. The van der Waals surface area contributed by atoms with Crippen LogP contribution in [-0.2, 0) is 25.9 Å². The normalized spacial score (nSPS) is 15.9. The second kappa shape index (κ2) is 6.83. The number of nitrogens with zero attached hydrogens (tertiary/aromatic N) is 1. The van der Waals surface area contributed by atoms with Crippen molar-refractivity contribution in [2.24, 2.45) is 0 Å². The number of rotatable bonds is 3. The first-order valence-corrected chi connectivity index (χ1v) is 9.80. The van der Waals surface area contributed by atoms with Crippen LogP contribution in [-0.4, -0.2) is 18.7 Å². The fourth-order valence-electron chi connectivity index (χ4n) is 4.24. The molecule has 2 aromatic carbocycles. The van der Waals surface area contributed by atoms with Gasteiger partial charge in [-0.25, -0.2) is 4.79 Å². The van der Waals surface area contributed by atoms with E-state index < -0.39 is 0 Å². The Morgan fingerprint density at radius 3 is 2.71 bits per heavy atom. The summed E-state index contributed by atoms with van der Waals surface area (Å²) < 4.78 is 16.9. The van der Waals surface area contributed by atoms with Crippen molar-refractivity contribution in [3.63, 3.8) is 0 Å². The molecule has 3 aromatic rings. The summed E-state index contributed by atoms with van der Waals surface area (Å²) in [6, 6.07) is 9.86. The summed E-state index contributed by atoms with van der Waals surface area (Å²) in [5.41, 5.74) is 4.29. The van der Waals surface area contributed by atoms with Crippen molar-refractivity contribution in [2.45, 2.75) is 32.4 Å². The molecule has 6 heteroatoms. The third-order valence-corrected chi connectivity index (χ3v) is 5.88. The SMILES string of the molecule is COc1ccc(CN2COc3c(Cl)cc4c5c(c(=O)oc4c3C2)CCC5)cc1. The third-order valence-electron chi connectivity index (χ3n) is 5.60. The Labute approximate surface area is 167 Å². The number of methoxy groups -OCH3 is 1. The maximum Gasteiger partial charge on any atom is 0.339 e. The van der Waals surface area contributed by atoms with E-state index in [2.05, 4.69) is 4.90 Å². The van der Waals surface area contributed by atoms with Gasteiger partial charge in [-0.1, -0.05) is 23.7 Å². The number of hydrogen-bond donors (Lipinski definition) is 0. The van der Waals surface area contributed by atoms with E-state index in [4.69, 9.17) is 25.5 Å². The lowest BCUT2D eigenvalue weighted by Gasteiger charge is -2.30. The van der Waals surface area contributed by atoms with Crippen LogP contribution >= 0.6 is 11.6 Å². The van der Waals surface area contributed by atoms with Crippen molar-refractivity contribution in [2.75, 3.05) is 13.8 Å². The minimum Gasteiger partial charge on any atom is -0.497 e. The Hall–Kier alpha value is -2.50. The summed E-state index contributed by atoms with van der Waals surface area (Å²) >= 11 is 6.53. The molecule has 0 N–H and O–H groups in total. The average molecular weight is 398 g/mol. The van der Waals surface area contributed by atoms with Gasteiger partial charge in [0.15, 0.2) is 0 Å². The summed E-state index contributed by atoms with van der Waals surface area (Å²) in [7, 11) is 1.66.